The Labute approximate surface area is 148 Å². The first-order valence-corrected chi connectivity index (χ1v) is 8.77. The predicted octanol–water partition coefficient (Wildman–Crippen LogP) is 1.86. The molecule has 0 bridgehead atoms. The number of rotatable bonds is 6. The molecule has 0 saturated carbocycles. The van der Waals surface area contributed by atoms with E-state index in [2.05, 4.69) is 0 Å². The summed E-state index contributed by atoms with van der Waals surface area (Å²) in [7, 11) is 1.63. The summed E-state index contributed by atoms with van der Waals surface area (Å²) in [5.74, 6) is 0.783. The molecule has 2 fully saturated rings. The lowest BCUT2D eigenvalue weighted by Crippen LogP contribution is -2.55. The molecular weight excluding hydrogens is 324 g/mol. The highest BCUT2D eigenvalue weighted by Crippen LogP contribution is 2.56. The first-order chi connectivity index (χ1) is 11.9. The first-order valence-electron chi connectivity index (χ1n) is 8.77. The molecule has 6 heteroatoms. The van der Waals surface area contributed by atoms with Crippen LogP contribution in [-0.4, -0.2) is 54.1 Å². The van der Waals surface area contributed by atoms with Gasteiger partial charge >= 0.3 is 0 Å². The molecule has 2 saturated heterocycles. The van der Waals surface area contributed by atoms with Gasteiger partial charge in [-0.15, -0.1) is 0 Å². The Morgan fingerprint density at radius 1 is 1.16 bits per heavy atom. The van der Waals surface area contributed by atoms with Crippen LogP contribution in [0.1, 0.15) is 32.8 Å². The topological polar surface area (TPSA) is 77.4 Å². The number of hydrogen-bond donors (Lipinski definition) is 2. The maximum Gasteiger partial charge on any atom is 0.169 e. The Bertz CT molecular complexity index is 586. The number of hydrogen-bond acceptors (Lipinski definition) is 6. The van der Waals surface area contributed by atoms with E-state index in [4.69, 9.17) is 18.9 Å². The smallest absolute Gasteiger partial charge is 0.169 e. The lowest BCUT2D eigenvalue weighted by atomic mass is 9.69. The second kappa shape index (κ2) is 6.85. The van der Waals surface area contributed by atoms with E-state index in [0.717, 1.165) is 11.3 Å². The minimum atomic E-state index is -1.11. The van der Waals surface area contributed by atoms with Crippen LogP contribution in [-0.2, 0) is 20.8 Å². The summed E-state index contributed by atoms with van der Waals surface area (Å²) in [5, 5.41) is 20.9. The molecule has 0 radical (unpaired) electrons. The maximum atomic E-state index is 11.1. The molecule has 2 aliphatic heterocycles. The van der Waals surface area contributed by atoms with Crippen molar-refractivity contribution in [2.45, 2.75) is 64.0 Å². The highest BCUT2D eigenvalue weighted by Gasteiger charge is 2.70. The van der Waals surface area contributed by atoms with E-state index in [1.54, 1.807) is 14.0 Å². The van der Waals surface area contributed by atoms with Gasteiger partial charge in [0, 0.05) is 0 Å². The van der Waals surface area contributed by atoms with Crippen LogP contribution in [0.5, 0.6) is 5.75 Å². The minimum absolute atomic E-state index is 0.185. The van der Waals surface area contributed by atoms with E-state index in [1.807, 2.05) is 38.1 Å². The van der Waals surface area contributed by atoms with Gasteiger partial charge in [-0.2, -0.15) is 0 Å². The molecule has 0 aliphatic carbocycles. The molecule has 6 nitrogen and oxygen atoms in total. The second-order valence-electron chi connectivity index (χ2n) is 7.23. The molecule has 140 valence electrons. The number of fused-ring (bicyclic) bond motifs is 1. The Morgan fingerprint density at radius 2 is 1.84 bits per heavy atom. The van der Waals surface area contributed by atoms with Crippen molar-refractivity contribution in [2.24, 2.45) is 5.41 Å². The molecular formula is C19H28O6. The van der Waals surface area contributed by atoms with Crippen molar-refractivity contribution in [1.82, 2.24) is 0 Å². The maximum absolute atomic E-state index is 11.1. The third-order valence-electron chi connectivity index (χ3n) is 5.86. The van der Waals surface area contributed by atoms with Gasteiger partial charge in [0.25, 0.3) is 0 Å². The van der Waals surface area contributed by atoms with Crippen molar-refractivity contribution in [2.75, 3.05) is 13.7 Å². The third kappa shape index (κ3) is 2.86. The molecule has 1 aromatic rings. The van der Waals surface area contributed by atoms with Crippen molar-refractivity contribution in [3.05, 3.63) is 29.8 Å². The Balaban J connectivity index is 1.79. The van der Waals surface area contributed by atoms with E-state index in [9.17, 15) is 10.2 Å². The Hall–Kier alpha value is -1.18. The molecule has 3 rings (SSSR count). The zero-order valence-corrected chi connectivity index (χ0v) is 15.3. The van der Waals surface area contributed by atoms with E-state index in [0.29, 0.717) is 13.0 Å². The number of ether oxygens (including phenoxy) is 4. The van der Waals surface area contributed by atoms with Gasteiger partial charge in [0.2, 0.25) is 0 Å². The van der Waals surface area contributed by atoms with Crippen LogP contribution in [0.4, 0.5) is 0 Å². The van der Waals surface area contributed by atoms with E-state index in [-0.39, 0.29) is 12.7 Å². The molecule has 1 aromatic carbocycles. The zero-order chi connectivity index (χ0) is 18.2. The summed E-state index contributed by atoms with van der Waals surface area (Å²) >= 11 is 0. The van der Waals surface area contributed by atoms with Gasteiger partial charge in [-0.05, 0) is 38.0 Å². The zero-order valence-electron chi connectivity index (χ0n) is 15.3. The SMILES string of the molecule is CC[C@H]1O[C@@H]2O[C@H](CO)[C@H](OCc3ccc(OC)cc3)[C@]2(C)[C@@]1(C)O. The van der Waals surface area contributed by atoms with Gasteiger partial charge in [0.15, 0.2) is 6.29 Å². The molecule has 0 amide bonds. The molecule has 25 heavy (non-hydrogen) atoms. The van der Waals surface area contributed by atoms with Gasteiger partial charge in [-0.25, -0.2) is 0 Å². The predicted molar refractivity (Wildman–Crippen MR) is 91.2 cm³/mol. The lowest BCUT2D eigenvalue weighted by Gasteiger charge is -2.40. The van der Waals surface area contributed by atoms with E-state index < -0.39 is 29.5 Å². The van der Waals surface area contributed by atoms with Crippen molar-refractivity contribution < 1.29 is 29.2 Å². The Morgan fingerprint density at radius 3 is 2.40 bits per heavy atom. The molecule has 2 aliphatic rings. The normalized spacial score (nSPS) is 40.2. The molecule has 0 aromatic heterocycles. The third-order valence-corrected chi connectivity index (χ3v) is 5.86. The van der Waals surface area contributed by atoms with Gasteiger partial charge in [0.1, 0.15) is 17.5 Å². The quantitative estimate of drug-likeness (QED) is 0.814. The highest BCUT2D eigenvalue weighted by molar-refractivity contribution is 5.26. The summed E-state index contributed by atoms with van der Waals surface area (Å²) in [4.78, 5) is 0. The fourth-order valence-corrected chi connectivity index (χ4v) is 4.04. The number of benzene rings is 1. The van der Waals surface area contributed by atoms with Gasteiger partial charge in [-0.3, -0.25) is 0 Å². The molecule has 2 N–H and O–H groups in total. The largest absolute Gasteiger partial charge is 0.497 e. The molecule has 0 unspecified atom stereocenters. The molecule has 6 atom stereocenters. The summed E-state index contributed by atoms with van der Waals surface area (Å²) in [6.45, 7) is 5.83. The van der Waals surface area contributed by atoms with Crippen molar-refractivity contribution in [1.29, 1.82) is 0 Å². The van der Waals surface area contributed by atoms with Crippen LogP contribution in [0.2, 0.25) is 0 Å². The monoisotopic (exact) mass is 352 g/mol. The van der Waals surface area contributed by atoms with E-state index >= 15 is 0 Å². The van der Waals surface area contributed by atoms with Crippen molar-refractivity contribution in [3.63, 3.8) is 0 Å². The van der Waals surface area contributed by atoms with Gasteiger partial charge < -0.3 is 29.2 Å². The van der Waals surface area contributed by atoms with Crippen LogP contribution < -0.4 is 4.74 Å². The van der Waals surface area contributed by atoms with Crippen molar-refractivity contribution >= 4 is 0 Å². The number of aliphatic hydroxyl groups is 2. The fourth-order valence-electron chi connectivity index (χ4n) is 4.04. The van der Waals surface area contributed by atoms with Gasteiger partial charge in [0.05, 0.1) is 37.9 Å². The van der Waals surface area contributed by atoms with E-state index in [1.165, 1.54) is 0 Å². The van der Waals surface area contributed by atoms with Crippen LogP contribution in [0.15, 0.2) is 24.3 Å². The number of aliphatic hydroxyl groups excluding tert-OH is 1. The average Bonchev–Trinajstić information content (AvgIpc) is 3.00. The summed E-state index contributed by atoms with van der Waals surface area (Å²) in [6, 6.07) is 7.61. The lowest BCUT2D eigenvalue weighted by molar-refractivity contribution is -0.164. The van der Waals surface area contributed by atoms with Crippen LogP contribution in [0.25, 0.3) is 0 Å². The second-order valence-corrected chi connectivity index (χ2v) is 7.23. The standard InChI is InChI=1S/C19H28O6/c1-5-15-19(3,21)18(2)16(14(10-20)24-17(18)25-15)23-11-12-6-8-13(22-4)9-7-12/h6-9,14-17,20-21H,5,10-11H2,1-4H3/t14-,15-,16+,17+,18+,19+/m1/s1. The summed E-state index contributed by atoms with van der Waals surface area (Å²) in [6.07, 6.45) is -1.24. The average molecular weight is 352 g/mol. The number of methoxy groups -OCH3 is 1. The Kier molecular flexibility index (Phi) is 5.10. The van der Waals surface area contributed by atoms with Crippen molar-refractivity contribution in [3.8, 4) is 5.75 Å². The van der Waals surface area contributed by atoms with Crippen LogP contribution in [0, 0.1) is 5.41 Å². The van der Waals surface area contributed by atoms with Crippen LogP contribution >= 0.6 is 0 Å². The summed E-state index contributed by atoms with van der Waals surface area (Å²) in [5.41, 5.74) is -0.885. The van der Waals surface area contributed by atoms with Gasteiger partial charge in [-0.1, -0.05) is 19.1 Å². The fraction of sp³-hybridized carbons (Fsp3) is 0.684. The first kappa shape index (κ1) is 18.6. The highest BCUT2D eigenvalue weighted by atomic mass is 16.7. The molecule has 0 spiro atoms. The minimum Gasteiger partial charge on any atom is -0.497 e. The van der Waals surface area contributed by atoms with Crippen LogP contribution in [0.3, 0.4) is 0 Å². The summed E-state index contributed by atoms with van der Waals surface area (Å²) < 4.78 is 23.1. The molecule has 2 heterocycles.